The van der Waals surface area contributed by atoms with E-state index in [1.54, 1.807) is 0 Å². The lowest BCUT2D eigenvalue weighted by Crippen LogP contribution is -2.22. The Morgan fingerprint density at radius 1 is 1.09 bits per heavy atom. The van der Waals surface area contributed by atoms with Gasteiger partial charge in [-0.25, -0.2) is 21.5 Å². The Morgan fingerprint density at radius 3 is 2.43 bits per heavy atom. The molecule has 0 saturated carbocycles. The Morgan fingerprint density at radius 2 is 1.78 bits per heavy atom. The fourth-order valence-electron chi connectivity index (χ4n) is 1.80. The second-order valence-corrected chi connectivity index (χ2v) is 7.05. The van der Waals surface area contributed by atoms with Gasteiger partial charge in [0.2, 0.25) is 10.0 Å². The van der Waals surface area contributed by atoms with Crippen molar-refractivity contribution < 1.29 is 22.0 Å². The Labute approximate surface area is 132 Å². The Hall–Kier alpha value is -2.32. The zero-order valence-corrected chi connectivity index (χ0v) is 13.2. The highest BCUT2D eigenvalue weighted by Gasteiger charge is 2.19. The third-order valence-electron chi connectivity index (χ3n) is 3.05. The number of anilines is 1. The first-order valence-electron chi connectivity index (χ1n) is 6.51. The molecule has 1 amide bonds. The van der Waals surface area contributed by atoms with Crippen molar-refractivity contribution in [2.24, 2.45) is 0 Å². The third-order valence-corrected chi connectivity index (χ3v) is 4.86. The predicted octanol–water partition coefficient (Wildman–Crippen LogP) is 2.47. The topological polar surface area (TPSA) is 66.5 Å². The summed E-state index contributed by atoms with van der Waals surface area (Å²) < 4.78 is 51.7. The van der Waals surface area contributed by atoms with E-state index < -0.39 is 27.6 Å². The van der Waals surface area contributed by atoms with Crippen molar-refractivity contribution in [3.8, 4) is 0 Å². The van der Waals surface area contributed by atoms with Gasteiger partial charge < -0.3 is 5.32 Å². The fraction of sp³-hybridized carbons (Fsp3) is 0.133. The fourth-order valence-corrected chi connectivity index (χ4v) is 2.74. The summed E-state index contributed by atoms with van der Waals surface area (Å²) in [5, 5.41) is 2.21. The van der Waals surface area contributed by atoms with Gasteiger partial charge in [0.25, 0.3) is 5.91 Å². The number of benzene rings is 2. The van der Waals surface area contributed by atoms with Crippen molar-refractivity contribution in [2.75, 3.05) is 19.4 Å². The van der Waals surface area contributed by atoms with Crippen LogP contribution in [0.3, 0.4) is 0 Å². The quantitative estimate of drug-likeness (QED) is 0.930. The number of nitrogens with one attached hydrogen (secondary N) is 1. The van der Waals surface area contributed by atoms with E-state index >= 15 is 0 Å². The number of hydrogen-bond acceptors (Lipinski definition) is 3. The van der Waals surface area contributed by atoms with E-state index in [0.29, 0.717) is 0 Å². The monoisotopic (exact) mass is 340 g/mol. The second-order valence-electron chi connectivity index (χ2n) is 4.89. The number of halogens is 2. The largest absolute Gasteiger partial charge is 0.319 e. The zero-order chi connectivity index (χ0) is 17.2. The molecule has 0 aliphatic rings. The Bertz CT molecular complexity index is 852. The van der Waals surface area contributed by atoms with Gasteiger partial charge in [-0.3, -0.25) is 4.79 Å². The maximum Gasteiger partial charge on any atom is 0.255 e. The number of sulfonamides is 1. The molecule has 8 heteroatoms. The number of carbonyl (C=O) groups excluding carboxylic acids is 1. The van der Waals surface area contributed by atoms with Crippen LogP contribution in [0.1, 0.15) is 10.4 Å². The van der Waals surface area contributed by atoms with Crippen molar-refractivity contribution in [3.05, 3.63) is 59.7 Å². The second kappa shape index (κ2) is 6.43. The number of nitrogens with zero attached hydrogens (tertiary/aromatic N) is 1. The summed E-state index contributed by atoms with van der Waals surface area (Å²) in [5.41, 5.74) is -0.313. The number of rotatable bonds is 4. The third kappa shape index (κ3) is 3.72. The number of amides is 1. The smallest absolute Gasteiger partial charge is 0.255 e. The van der Waals surface area contributed by atoms with Gasteiger partial charge >= 0.3 is 0 Å². The van der Waals surface area contributed by atoms with Crippen LogP contribution in [0.25, 0.3) is 0 Å². The average molecular weight is 340 g/mol. The Balaban J connectivity index is 2.32. The van der Waals surface area contributed by atoms with Gasteiger partial charge in [0.05, 0.1) is 10.6 Å². The van der Waals surface area contributed by atoms with Crippen LogP contribution in [0.4, 0.5) is 14.5 Å². The van der Waals surface area contributed by atoms with E-state index in [4.69, 9.17) is 0 Å². The molecule has 0 aliphatic heterocycles. The first-order valence-corrected chi connectivity index (χ1v) is 7.95. The minimum absolute atomic E-state index is 0.0107. The van der Waals surface area contributed by atoms with Crippen LogP contribution in [0.15, 0.2) is 47.4 Å². The van der Waals surface area contributed by atoms with Crippen LogP contribution in [0.2, 0.25) is 0 Å². The van der Waals surface area contributed by atoms with Gasteiger partial charge in [-0.1, -0.05) is 6.07 Å². The molecule has 1 N–H and O–H groups in total. The van der Waals surface area contributed by atoms with Crippen LogP contribution in [0.5, 0.6) is 0 Å². The lowest BCUT2D eigenvalue weighted by molar-refractivity contribution is 0.102. The molecule has 2 aromatic carbocycles. The van der Waals surface area contributed by atoms with Crippen LogP contribution >= 0.6 is 0 Å². The van der Waals surface area contributed by atoms with Crippen molar-refractivity contribution in [2.45, 2.75) is 4.90 Å². The predicted molar refractivity (Wildman–Crippen MR) is 81.6 cm³/mol. The zero-order valence-electron chi connectivity index (χ0n) is 12.4. The van der Waals surface area contributed by atoms with Crippen LogP contribution in [-0.2, 0) is 10.0 Å². The Kier molecular flexibility index (Phi) is 4.76. The molecule has 5 nitrogen and oxygen atoms in total. The first-order chi connectivity index (χ1) is 10.7. The van der Waals surface area contributed by atoms with E-state index in [9.17, 15) is 22.0 Å². The SMILES string of the molecule is CN(C)S(=O)(=O)c1cccc(C(=O)Nc2cc(F)ccc2F)c1. The van der Waals surface area contributed by atoms with Crippen molar-refractivity contribution in [1.82, 2.24) is 4.31 Å². The van der Waals surface area contributed by atoms with E-state index in [0.717, 1.165) is 22.5 Å². The van der Waals surface area contributed by atoms with Crippen LogP contribution in [-0.4, -0.2) is 32.7 Å². The van der Waals surface area contributed by atoms with E-state index in [2.05, 4.69) is 5.32 Å². The molecule has 0 spiro atoms. The van der Waals surface area contributed by atoms with Gasteiger partial charge in [-0.2, -0.15) is 0 Å². The minimum Gasteiger partial charge on any atom is -0.319 e. The molecule has 0 heterocycles. The molecule has 0 radical (unpaired) electrons. The van der Waals surface area contributed by atoms with E-state index in [1.807, 2.05) is 0 Å². The number of carbonyl (C=O) groups is 1. The molecule has 0 atom stereocenters. The van der Waals surface area contributed by atoms with Crippen molar-refractivity contribution >= 4 is 21.6 Å². The normalized spacial score (nSPS) is 11.5. The summed E-state index contributed by atoms with van der Waals surface area (Å²) >= 11 is 0. The summed E-state index contributed by atoms with van der Waals surface area (Å²) in [4.78, 5) is 12.0. The summed E-state index contributed by atoms with van der Waals surface area (Å²) in [6.45, 7) is 0. The van der Waals surface area contributed by atoms with Crippen LogP contribution < -0.4 is 5.32 Å². The van der Waals surface area contributed by atoms with Gasteiger partial charge in [-0.05, 0) is 30.3 Å². The highest BCUT2D eigenvalue weighted by molar-refractivity contribution is 7.89. The summed E-state index contributed by atoms with van der Waals surface area (Å²) in [5.74, 6) is -2.24. The van der Waals surface area contributed by atoms with E-state index in [-0.39, 0.29) is 16.1 Å². The molecule has 0 aliphatic carbocycles. The molecule has 0 bridgehead atoms. The molecule has 23 heavy (non-hydrogen) atoms. The molecular weight excluding hydrogens is 326 g/mol. The maximum atomic E-state index is 13.5. The molecule has 2 aromatic rings. The average Bonchev–Trinajstić information content (AvgIpc) is 2.50. The first kappa shape index (κ1) is 17.0. The van der Waals surface area contributed by atoms with Crippen LogP contribution in [0, 0.1) is 11.6 Å². The van der Waals surface area contributed by atoms with Crippen molar-refractivity contribution in [1.29, 1.82) is 0 Å². The minimum atomic E-state index is -3.70. The van der Waals surface area contributed by atoms with Gasteiger partial charge in [0.15, 0.2) is 0 Å². The van der Waals surface area contributed by atoms with Crippen molar-refractivity contribution in [3.63, 3.8) is 0 Å². The highest BCUT2D eigenvalue weighted by atomic mass is 32.2. The molecule has 2 rings (SSSR count). The summed E-state index contributed by atoms with van der Waals surface area (Å²) in [6, 6.07) is 7.94. The summed E-state index contributed by atoms with van der Waals surface area (Å²) in [6.07, 6.45) is 0. The highest BCUT2D eigenvalue weighted by Crippen LogP contribution is 2.18. The maximum absolute atomic E-state index is 13.5. The lowest BCUT2D eigenvalue weighted by atomic mass is 10.2. The lowest BCUT2D eigenvalue weighted by Gasteiger charge is -2.12. The number of hydrogen-bond donors (Lipinski definition) is 1. The molecule has 0 aromatic heterocycles. The van der Waals surface area contributed by atoms with Gasteiger partial charge in [0.1, 0.15) is 11.6 Å². The molecule has 0 fully saturated rings. The molecule has 0 unspecified atom stereocenters. The molecule has 122 valence electrons. The van der Waals surface area contributed by atoms with Gasteiger partial charge in [-0.15, -0.1) is 0 Å². The molecule has 0 saturated heterocycles. The summed E-state index contributed by atoms with van der Waals surface area (Å²) in [7, 11) is -0.971. The standard InChI is InChI=1S/C15H14F2N2O3S/c1-19(2)23(21,22)12-5-3-4-10(8-12)15(20)18-14-9-11(16)6-7-13(14)17/h3-9H,1-2H3,(H,18,20). The van der Waals surface area contributed by atoms with E-state index in [1.165, 1.54) is 38.4 Å². The molecular formula is C15H14F2N2O3S. The van der Waals surface area contributed by atoms with Gasteiger partial charge in [0, 0.05) is 25.7 Å².